The predicted molar refractivity (Wildman–Crippen MR) is 117 cm³/mol. The van der Waals surface area contributed by atoms with Crippen molar-refractivity contribution in [2.24, 2.45) is 0 Å². The van der Waals surface area contributed by atoms with E-state index in [9.17, 15) is 9.59 Å². The molecule has 0 atom stereocenters. The third-order valence-electron chi connectivity index (χ3n) is 3.81. The van der Waals surface area contributed by atoms with Gasteiger partial charge in [0.05, 0.1) is 15.8 Å². The fourth-order valence-electron chi connectivity index (χ4n) is 2.37. The number of Topliss-reactive ketones (excluding diaryl/α,β-unsaturated/α-hetero) is 1. The van der Waals surface area contributed by atoms with Crippen molar-refractivity contribution >= 4 is 63.9 Å². The Labute approximate surface area is 182 Å². The van der Waals surface area contributed by atoms with Gasteiger partial charge in [0.25, 0.3) is 5.91 Å². The summed E-state index contributed by atoms with van der Waals surface area (Å²) < 4.78 is 0. The fraction of sp³-hybridized carbons (Fsp3) is 0.0476. The topological polar surface area (TPSA) is 46.2 Å². The van der Waals surface area contributed by atoms with E-state index in [0.717, 1.165) is 4.90 Å². The Hall–Kier alpha value is -1.98. The van der Waals surface area contributed by atoms with Crippen molar-refractivity contribution in [2.75, 3.05) is 11.1 Å². The lowest BCUT2D eigenvalue weighted by molar-refractivity contribution is 0.101. The predicted octanol–water partition coefficient (Wildman–Crippen LogP) is 6.87. The van der Waals surface area contributed by atoms with Crippen LogP contribution in [0, 0.1) is 0 Å². The fourth-order valence-corrected chi connectivity index (χ4v) is 3.65. The molecule has 28 heavy (non-hydrogen) atoms. The molecule has 0 bridgehead atoms. The number of carbonyl (C=O) groups excluding carboxylic acids is 2. The van der Waals surface area contributed by atoms with Crippen molar-refractivity contribution < 1.29 is 9.59 Å². The van der Waals surface area contributed by atoms with E-state index in [0.29, 0.717) is 31.9 Å². The van der Waals surface area contributed by atoms with Gasteiger partial charge in [-0.3, -0.25) is 9.59 Å². The highest BCUT2D eigenvalue weighted by molar-refractivity contribution is 8.00. The number of amides is 1. The monoisotopic (exact) mass is 449 g/mol. The Kier molecular flexibility index (Phi) is 7.03. The summed E-state index contributed by atoms with van der Waals surface area (Å²) in [6, 6.07) is 18.8. The van der Waals surface area contributed by atoms with Crippen molar-refractivity contribution in [3.63, 3.8) is 0 Å². The smallest absolute Gasteiger partial charge is 0.255 e. The lowest BCUT2D eigenvalue weighted by atomic mass is 10.1. The molecule has 0 radical (unpaired) electrons. The second-order valence-corrected chi connectivity index (χ2v) is 8.13. The maximum Gasteiger partial charge on any atom is 0.255 e. The van der Waals surface area contributed by atoms with Gasteiger partial charge in [0.15, 0.2) is 5.78 Å². The van der Waals surface area contributed by atoms with Crippen LogP contribution in [0.25, 0.3) is 0 Å². The number of thioether (sulfide) groups is 1. The van der Waals surface area contributed by atoms with E-state index in [2.05, 4.69) is 5.32 Å². The summed E-state index contributed by atoms with van der Waals surface area (Å²) in [7, 11) is 0. The summed E-state index contributed by atoms with van der Waals surface area (Å²) in [5.41, 5.74) is 1.66. The first-order chi connectivity index (χ1) is 13.4. The Morgan fingerprint density at radius 2 is 1.57 bits per heavy atom. The molecule has 0 heterocycles. The molecule has 7 heteroatoms. The van der Waals surface area contributed by atoms with Crippen molar-refractivity contribution in [1.29, 1.82) is 0 Å². The van der Waals surface area contributed by atoms with E-state index in [1.54, 1.807) is 54.6 Å². The van der Waals surface area contributed by atoms with E-state index in [1.807, 2.05) is 12.1 Å². The summed E-state index contributed by atoms with van der Waals surface area (Å²) in [4.78, 5) is 25.4. The molecule has 0 saturated carbocycles. The minimum atomic E-state index is -0.238. The number of benzene rings is 3. The Bertz CT molecular complexity index is 1020. The normalized spacial score (nSPS) is 10.5. The van der Waals surface area contributed by atoms with Crippen LogP contribution in [0.2, 0.25) is 15.1 Å². The Morgan fingerprint density at radius 3 is 2.25 bits per heavy atom. The molecule has 1 amide bonds. The van der Waals surface area contributed by atoms with Crippen LogP contribution in [-0.4, -0.2) is 17.4 Å². The second kappa shape index (κ2) is 9.48. The molecular formula is C21H14Cl3NO2S. The molecule has 3 nitrogen and oxygen atoms in total. The van der Waals surface area contributed by atoms with Crippen LogP contribution < -0.4 is 5.32 Å². The number of hydrogen-bond acceptors (Lipinski definition) is 3. The first-order valence-electron chi connectivity index (χ1n) is 8.20. The van der Waals surface area contributed by atoms with E-state index < -0.39 is 0 Å². The number of hydrogen-bond donors (Lipinski definition) is 1. The molecule has 3 rings (SSSR count). The van der Waals surface area contributed by atoms with Gasteiger partial charge in [-0.1, -0.05) is 40.9 Å². The molecule has 1 N–H and O–H groups in total. The Morgan fingerprint density at radius 1 is 0.821 bits per heavy atom. The highest BCUT2D eigenvalue weighted by Crippen LogP contribution is 2.25. The molecular weight excluding hydrogens is 437 g/mol. The molecule has 0 aliphatic heterocycles. The quantitative estimate of drug-likeness (QED) is 0.329. The lowest BCUT2D eigenvalue weighted by Crippen LogP contribution is -2.11. The van der Waals surface area contributed by atoms with Gasteiger partial charge in [0.1, 0.15) is 0 Å². The summed E-state index contributed by atoms with van der Waals surface area (Å²) in [5, 5.41) is 4.10. The molecule has 0 spiro atoms. The van der Waals surface area contributed by atoms with Crippen molar-refractivity contribution in [2.45, 2.75) is 4.90 Å². The van der Waals surface area contributed by atoms with Crippen LogP contribution >= 0.6 is 46.6 Å². The van der Waals surface area contributed by atoms with Crippen LogP contribution in [-0.2, 0) is 0 Å². The number of anilines is 1. The molecule has 0 unspecified atom stereocenters. The molecule has 0 saturated heterocycles. The first-order valence-corrected chi connectivity index (χ1v) is 10.3. The standard InChI is InChI=1S/C21H14Cl3NO2S/c22-15-3-1-2-14(10-15)21(27)25-16-5-7-17(8-6-16)28-12-20(26)13-4-9-18(23)19(24)11-13/h1-11H,12H2,(H,25,27). The SMILES string of the molecule is O=C(CSc1ccc(NC(=O)c2cccc(Cl)c2)cc1)c1ccc(Cl)c(Cl)c1. The van der Waals surface area contributed by atoms with Gasteiger partial charge in [-0.15, -0.1) is 11.8 Å². The zero-order chi connectivity index (χ0) is 20.1. The zero-order valence-corrected chi connectivity index (χ0v) is 17.5. The van der Waals surface area contributed by atoms with Gasteiger partial charge >= 0.3 is 0 Å². The molecule has 0 aromatic heterocycles. The number of rotatable bonds is 6. The summed E-state index contributed by atoms with van der Waals surface area (Å²) in [6.07, 6.45) is 0. The molecule has 3 aromatic carbocycles. The summed E-state index contributed by atoms with van der Waals surface area (Å²) >= 11 is 19.1. The number of nitrogens with one attached hydrogen (secondary N) is 1. The van der Waals surface area contributed by atoms with E-state index in [4.69, 9.17) is 34.8 Å². The summed E-state index contributed by atoms with van der Waals surface area (Å²) in [6.45, 7) is 0. The maximum absolute atomic E-state index is 12.3. The number of carbonyl (C=O) groups is 2. The third kappa shape index (κ3) is 5.52. The molecule has 142 valence electrons. The average molecular weight is 451 g/mol. The highest BCUT2D eigenvalue weighted by atomic mass is 35.5. The molecule has 3 aromatic rings. The first kappa shape index (κ1) is 20.7. The average Bonchev–Trinajstić information content (AvgIpc) is 2.69. The Balaban J connectivity index is 1.57. The van der Waals surface area contributed by atoms with Crippen molar-refractivity contribution in [1.82, 2.24) is 0 Å². The largest absolute Gasteiger partial charge is 0.322 e. The molecule has 0 aliphatic rings. The van der Waals surface area contributed by atoms with Gasteiger partial charge in [0.2, 0.25) is 0 Å². The minimum absolute atomic E-state index is 0.0399. The van der Waals surface area contributed by atoms with Crippen LogP contribution in [0.4, 0.5) is 5.69 Å². The van der Waals surface area contributed by atoms with E-state index >= 15 is 0 Å². The van der Waals surface area contributed by atoms with Crippen LogP contribution in [0.15, 0.2) is 71.6 Å². The number of halogens is 3. The van der Waals surface area contributed by atoms with E-state index in [-0.39, 0.29) is 17.4 Å². The third-order valence-corrected chi connectivity index (χ3v) is 5.80. The van der Waals surface area contributed by atoms with Gasteiger partial charge < -0.3 is 5.32 Å². The van der Waals surface area contributed by atoms with Gasteiger partial charge in [-0.05, 0) is 60.7 Å². The summed E-state index contributed by atoms with van der Waals surface area (Å²) in [5.74, 6) is -0.00813. The molecule has 0 fully saturated rings. The van der Waals surface area contributed by atoms with Crippen molar-refractivity contribution in [3.8, 4) is 0 Å². The number of ketones is 1. The lowest BCUT2D eigenvalue weighted by Gasteiger charge is -2.07. The zero-order valence-electron chi connectivity index (χ0n) is 14.4. The molecule has 0 aliphatic carbocycles. The van der Waals surface area contributed by atoms with Crippen LogP contribution in [0.1, 0.15) is 20.7 Å². The van der Waals surface area contributed by atoms with Crippen molar-refractivity contribution in [3.05, 3.63) is 92.9 Å². The van der Waals surface area contributed by atoms with E-state index in [1.165, 1.54) is 11.8 Å². The van der Waals surface area contributed by atoms with Crippen LogP contribution in [0.3, 0.4) is 0 Å². The highest BCUT2D eigenvalue weighted by Gasteiger charge is 2.10. The van der Waals surface area contributed by atoms with Gasteiger partial charge in [0, 0.05) is 26.7 Å². The van der Waals surface area contributed by atoms with Gasteiger partial charge in [-0.2, -0.15) is 0 Å². The van der Waals surface area contributed by atoms with Crippen LogP contribution in [0.5, 0.6) is 0 Å². The minimum Gasteiger partial charge on any atom is -0.322 e. The van der Waals surface area contributed by atoms with Gasteiger partial charge in [-0.25, -0.2) is 0 Å². The maximum atomic E-state index is 12.3. The second-order valence-electron chi connectivity index (χ2n) is 5.83.